The van der Waals surface area contributed by atoms with E-state index in [9.17, 15) is 0 Å². The van der Waals surface area contributed by atoms with Crippen molar-refractivity contribution in [1.82, 2.24) is 4.90 Å². The van der Waals surface area contributed by atoms with Gasteiger partial charge in [0.05, 0.1) is 12.1 Å². The number of aliphatic imine (C=N–C) groups is 1. The quantitative estimate of drug-likeness (QED) is 0.825. The monoisotopic (exact) mass is 255 g/mol. The van der Waals surface area contributed by atoms with E-state index in [4.69, 9.17) is 5.73 Å². The molecule has 19 heavy (non-hydrogen) atoms. The van der Waals surface area contributed by atoms with Gasteiger partial charge in [0.25, 0.3) is 0 Å². The van der Waals surface area contributed by atoms with Gasteiger partial charge in [-0.3, -0.25) is 4.99 Å². The molecule has 2 aliphatic rings. The van der Waals surface area contributed by atoms with Crippen LogP contribution in [0.15, 0.2) is 41.9 Å². The predicted octanol–water partition coefficient (Wildman–Crippen LogP) is 2.60. The zero-order valence-electron chi connectivity index (χ0n) is 11.5. The molecular weight excluding hydrogens is 234 g/mol. The van der Waals surface area contributed by atoms with E-state index in [0.29, 0.717) is 11.9 Å². The first-order valence-electron chi connectivity index (χ1n) is 6.97. The maximum atomic E-state index is 6.09. The number of nitrogens with zero attached hydrogens (tertiary/aromatic N) is 2. The maximum Gasteiger partial charge on any atom is 0.192 e. The lowest BCUT2D eigenvalue weighted by Crippen LogP contribution is -2.51. The van der Waals surface area contributed by atoms with Crippen molar-refractivity contribution < 1.29 is 0 Å². The van der Waals surface area contributed by atoms with Gasteiger partial charge in [-0.15, -0.1) is 6.58 Å². The Balaban J connectivity index is 2.11. The van der Waals surface area contributed by atoms with E-state index < -0.39 is 0 Å². The SMILES string of the molecule is C=CCN1C(N)=NCC12CCC(C)c1ccccc12. The summed E-state index contributed by atoms with van der Waals surface area (Å²) in [6.07, 6.45) is 4.22. The Hall–Kier alpha value is -1.77. The fraction of sp³-hybridized carbons (Fsp3) is 0.438. The van der Waals surface area contributed by atoms with Gasteiger partial charge in [-0.05, 0) is 29.9 Å². The molecule has 1 aromatic rings. The summed E-state index contributed by atoms with van der Waals surface area (Å²) in [5.41, 5.74) is 8.90. The van der Waals surface area contributed by atoms with Crippen LogP contribution in [-0.4, -0.2) is 23.9 Å². The Labute approximate surface area is 114 Å². The second-order valence-corrected chi connectivity index (χ2v) is 5.63. The smallest absolute Gasteiger partial charge is 0.192 e. The van der Waals surface area contributed by atoms with E-state index in [1.807, 2.05) is 6.08 Å². The van der Waals surface area contributed by atoms with Crippen LogP contribution < -0.4 is 5.73 Å². The molecule has 2 unspecified atom stereocenters. The third-order valence-electron chi connectivity index (χ3n) is 4.59. The van der Waals surface area contributed by atoms with Crippen LogP contribution in [-0.2, 0) is 5.54 Å². The highest BCUT2D eigenvalue weighted by Crippen LogP contribution is 2.46. The standard InChI is InChI=1S/C16H21N3/c1-3-10-19-15(17)18-11-16(19)9-8-12(2)13-6-4-5-7-14(13)16/h3-7,12H,1,8-11H2,2H3,(H2,17,18). The molecule has 3 nitrogen and oxygen atoms in total. The molecule has 0 saturated carbocycles. The summed E-state index contributed by atoms with van der Waals surface area (Å²) in [6, 6.07) is 8.75. The topological polar surface area (TPSA) is 41.6 Å². The number of benzene rings is 1. The van der Waals surface area contributed by atoms with Crippen molar-refractivity contribution in [2.24, 2.45) is 10.7 Å². The van der Waals surface area contributed by atoms with Crippen LogP contribution in [0.1, 0.15) is 36.8 Å². The molecule has 1 aromatic carbocycles. The highest BCUT2D eigenvalue weighted by atomic mass is 15.4. The van der Waals surface area contributed by atoms with Gasteiger partial charge in [0.2, 0.25) is 0 Å². The Morgan fingerprint density at radius 1 is 1.53 bits per heavy atom. The van der Waals surface area contributed by atoms with Gasteiger partial charge in [-0.2, -0.15) is 0 Å². The molecular formula is C16H21N3. The van der Waals surface area contributed by atoms with E-state index in [-0.39, 0.29) is 5.54 Å². The first kappa shape index (κ1) is 12.3. The normalized spacial score (nSPS) is 29.2. The highest BCUT2D eigenvalue weighted by Gasteiger charge is 2.46. The number of hydrogen-bond acceptors (Lipinski definition) is 3. The molecule has 1 aliphatic carbocycles. The molecule has 1 aliphatic heterocycles. The average Bonchev–Trinajstić information content (AvgIpc) is 2.74. The summed E-state index contributed by atoms with van der Waals surface area (Å²) in [4.78, 5) is 6.74. The first-order chi connectivity index (χ1) is 9.19. The minimum atomic E-state index is -0.0403. The predicted molar refractivity (Wildman–Crippen MR) is 79.2 cm³/mol. The molecule has 0 bridgehead atoms. The van der Waals surface area contributed by atoms with Crippen molar-refractivity contribution in [3.05, 3.63) is 48.0 Å². The van der Waals surface area contributed by atoms with E-state index in [2.05, 4.69) is 47.7 Å². The number of hydrogen-bond donors (Lipinski definition) is 1. The largest absolute Gasteiger partial charge is 0.370 e. The van der Waals surface area contributed by atoms with Gasteiger partial charge >= 0.3 is 0 Å². The number of fused-ring (bicyclic) bond motifs is 2. The zero-order chi connectivity index (χ0) is 13.5. The summed E-state index contributed by atoms with van der Waals surface area (Å²) in [5.74, 6) is 1.28. The number of nitrogens with two attached hydrogens (primary N) is 1. The summed E-state index contributed by atoms with van der Waals surface area (Å²) in [6.45, 7) is 7.70. The van der Waals surface area contributed by atoms with Gasteiger partial charge < -0.3 is 10.6 Å². The van der Waals surface area contributed by atoms with E-state index in [0.717, 1.165) is 19.5 Å². The molecule has 3 heteroatoms. The van der Waals surface area contributed by atoms with Crippen molar-refractivity contribution in [1.29, 1.82) is 0 Å². The van der Waals surface area contributed by atoms with Gasteiger partial charge in [0.1, 0.15) is 0 Å². The summed E-state index contributed by atoms with van der Waals surface area (Å²) in [5, 5.41) is 0. The lowest BCUT2D eigenvalue weighted by atomic mass is 9.72. The molecule has 0 fully saturated rings. The Morgan fingerprint density at radius 3 is 3.11 bits per heavy atom. The van der Waals surface area contributed by atoms with Gasteiger partial charge in [-0.1, -0.05) is 37.3 Å². The molecule has 0 saturated heterocycles. The van der Waals surface area contributed by atoms with Crippen LogP contribution in [0, 0.1) is 0 Å². The molecule has 1 heterocycles. The molecule has 0 amide bonds. The number of rotatable bonds is 2. The fourth-order valence-corrected chi connectivity index (χ4v) is 3.54. The molecule has 2 atom stereocenters. The summed E-state index contributed by atoms with van der Waals surface area (Å²) >= 11 is 0. The number of guanidine groups is 1. The third-order valence-corrected chi connectivity index (χ3v) is 4.59. The van der Waals surface area contributed by atoms with E-state index in [1.54, 1.807) is 0 Å². The zero-order valence-corrected chi connectivity index (χ0v) is 11.5. The molecule has 3 rings (SSSR count). The van der Waals surface area contributed by atoms with Crippen molar-refractivity contribution in [3.8, 4) is 0 Å². The Bertz CT molecular complexity index is 535. The van der Waals surface area contributed by atoms with Crippen LogP contribution in [0.25, 0.3) is 0 Å². The van der Waals surface area contributed by atoms with Crippen LogP contribution in [0.2, 0.25) is 0 Å². The summed E-state index contributed by atoms with van der Waals surface area (Å²) in [7, 11) is 0. The van der Waals surface area contributed by atoms with E-state index in [1.165, 1.54) is 17.5 Å². The Morgan fingerprint density at radius 2 is 2.32 bits per heavy atom. The van der Waals surface area contributed by atoms with E-state index >= 15 is 0 Å². The maximum absolute atomic E-state index is 6.09. The highest BCUT2D eigenvalue weighted by molar-refractivity contribution is 5.81. The fourth-order valence-electron chi connectivity index (χ4n) is 3.54. The lowest BCUT2D eigenvalue weighted by Gasteiger charge is -2.44. The van der Waals surface area contributed by atoms with Crippen molar-refractivity contribution >= 4 is 5.96 Å². The Kier molecular flexibility index (Phi) is 2.85. The second kappa shape index (κ2) is 4.41. The molecule has 100 valence electrons. The average molecular weight is 255 g/mol. The van der Waals surface area contributed by atoms with Crippen LogP contribution in [0.5, 0.6) is 0 Å². The summed E-state index contributed by atoms with van der Waals surface area (Å²) < 4.78 is 0. The molecule has 2 N–H and O–H groups in total. The minimum absolute atomic E-state index is 0.0403. The molecule has 0 radical (unpaired) electrons. The van der Waals surface area contributed by atoms with Crippen LogP contribution >= 0.6 is 0 Å². The minimum Gasteiger partial charge on any atom is -0.370 e. The molecule has 0 aromatic heterocycles. The third kappa shape index (κ3) is 1.68. The molecule has 1 spiro atoms. The lowest BCUT2D eigenvalue weighted by molar-refractivity contribution is 0.180. The van der Waals surface area contributed by atoms with Crippen LogP contribution in [0.3, 0.4) is 0 Å². The van der Waals surface area contributed by atoms with Crippen molar-refractivity contribution in [2.75, 3.05) is 13.1 Å². The van der Waals surface area contributed by atoms with Gasteiger partial charge in [0, 0.05) is 6.54 Å². The second-order valence-electron chi connectivity index (χ2n) is 5.63. The van der Waals surface area contributed by atoms with Gasteiger partial charge in [-0.25, -0.2) is 0 Å². The first-order valence-corrected chi connectivity index (χ1v) is 6.97. The van der Waals surface area contributed by atoms with Gasteiger partial charge in [0.15, 0.2) is 5.96 Å². The van der Waals surface area contributed by atoms with Crippen LogP contribution in [0.4, 0.5) is 0 Å². The van der Waals surface area contributed by atoms with Crippen molar-refractivity contribution in [2.45, 2.75) is 31.2 Å². The van der Waals surface area contributed by atoms with Crippen molar-refractivity contribution in [3.63, 3.8) is 0 Å².